The van der Waals surface area contributed by atoms with Crippen LogP contribution in [0.2, 0.25) is 0 Å². The van der Waals surface area contributed by atoms with Gasteiger partial charge in [-0.2, -0.15) is 0 Å². The molecule has 0 radical (unpaired) electrons. The predicted molar refractivity (Wildman–Crippen MR) is 77.5 cm³/mol. The molecule has 98 valence electrons. The van der Waals surface area contributed by atoms with Crippen molar-refractivity contribution >= 4 is 5.69 Å². The number of rotatable bonds is 3. The molecule has 1 saturated heterocycles. The van der Waals surface area contributed by atoms with Crippen molar-refractivity contribution in [3.8, 4) is 0 Å². The van der Waals surface area contributed by atoms with Gasteiger partial charge in [0.15, 0.2) is 0 Å². The fourth-order valence-corrected chi connectivity index (χ4v) is 2.89. The van der Waals surface area contributed by atoms with E-state index in [0.29, 0.717) is 6.04 Å². The minimum Gasteiger partial charge on any atom is -0.399 e. The van der Waals surface area contributed by atoms with Crippen molar-refractivity contribution in [3.63, 3.8) is 0 Å². The highest BCUT2D eigenvalue weighted by atomic mass is 15.2. The lowest BCUT2D eigenvalue weighted by molar-refractivity contribution is 0.248. The fourth-order valence-electron chi connectivity index (χ4n) is 2.89. The standard InChI is InChI=1S/C16H19N3/c17-15-6-1-5-14(10-15)16-7-3-9-19(16)12-13-4-2-8-18-11-13/h1-2,4-6,8,10-11,16H,3,7,9,12,17H2. The average molecular weight is 253 g/mol. The second-order valence-corrected chi connectivity index (χ2v) is 5.16. The minimum absolute atomic E-state index is 0.490. The minimum atomic E-state index is 0.490. The van der Waals surface area contributed by atoms with Crippen molar-refractivity contribution in [1.29, 1.82) is 0 Å². The van der Waals surface area contributed by atoms with Crippen molar-refractivity contribution in [3.05, 3.63) is 59.9 Å². The Labute approximate surface area is 114 Å². The molecular weight excluding hydrogens is 234 g/mol. The summed E-state index contributed by atoms with van der Waals surface area (Å²) in [5.41, 5.74) is 9.36. The summed E-state index contributed by atoms with van der Waals surface area (Å²) in [6, 6.07) is 12.9. The van der Waals surface area contributed by atoms with Gasteiger partial charge in [-0.25, -0.2) is 0 Å². The Morgan fingerprint density at radius 2 is 2.21 bits per heavy atom. The zero-order valence-electron chi connectivity index (χ0n) is 11.0. The molecule has 0 saturated carbocycles. The number of likely N-dealkylation sites (tertiary alicyclic amines) is 1. The summed E-state index contributed by atoms with van der Waals surface area (Å²) in [5.74, 6) is 0. The maximum atomic E-state index is 5.90. The van der Waals surface area contributed by atoms with Crippen molar-refractivity contribution in [2.24, 2.45) is 0 Å². The first-order valence-electron chi connectivity index (χ1n) is 6.81. The third-order valence-electron chi connectivity index (χ3n) is 3.77. The molecule has 1 fully saturated rings. The molecule has 1 atom stereocenters. The van der Waals surface area contributed by atoms with Crippen LogP contribution >= 0.6 is 0 Å². The lowest BCUT2D eigenvalue weighted by atomic mass is 10.0. The summed E-state index contributed by atoms with van der Waals surface area (Å²) in [4.78, 5) is 6.71. The van der Waals surface area contributed by atoms with Gasteiger partial charge in [-0.15, -0.1) is 0 Å². The zero-order chi connectivity index (χ0) is 13.1. The van der Waals surface area contributed by atoms with Crippen molar-refractivity contribution in [2.75, 3.05) is 12.3 Å². The first-order valence-corrected chi connectivity index (χ1v) is 6.81. The van der Waals surface area contributed by atoms with Crippen LogP contribution in [0.4, 0.5) is 5.69 Å². The van der Waals surface area contributed by atoms with E-state index in [1.807, 2.05) is 30.6 Å². The molecule has 0 bridgehead atoms. The van der Waals surface area contributed by atoms with Gasteiger partial charge in [-0.3, -0.25) is 9.88 Å². The van der Waals surface area contributed by atoms with Gasteiger partial charge in [0, 0.05) is 30.7 Å². The summed E-state index contributed by atoms with van der Waals surface area (Å²) < 4.78 is 0. The summed E-state index contributed by atoms with van der Waals surface area (Å²) in [6.07, 6.45) is 6.24. The van der Waals surface area contributed by atoms with Gasteiger partial charge in [0.1, 0.15) is 0 Å². The second kappa shape index (κ2) is 5.41. The molecular formula is C16H19N3. The first-order chi connectivity index (χ1) is 9.33. The van der Waals surface area contributed by atoms with Gasteiger partial charge in [0.05, 0.1) is 0 Å². The number of aromatic nitrogens is 1. The maximum Gasteiger partial charge on any atom is 0.0352 e. The van der Waals surface area contributed by atoms with E-state index in [1.54, 1.807) is 0 Å². The molecule has 0 spiro atoms. The molecule has 0 amide bonds. The van der Waals surface area contributed by atoms with Crippen LogP contribution in [0.5, 0.6) is 0 Å². The molecule has 3 rings (SSSR count). The Morgan fingerprint density at radius 1 is 1.26 bits per heavy atom. The Hall–Kier alpha value is -1.87. The van der Waals surface area contributed by atoms with Gasteiger partial charge in [0.2, 0.25) is 0 Å². The monoisotopic (exact) mass is 253 g/mol. The summed E-state index contributed by atoms with van der Waals surface area (Å²) >= 11 is 0. The van der Waals surface area contributed by atoms with Crippen LogP contribution in [0.3, 0.4) is 0 Å². The highest BCUT2D eigenvalue weighted by Crippen LogP contribution is 2.33. The molecule has 1 aromatic carbocycles. The Morgan fingerprint density at radius 3 is 3.00 bits per heavy atom. The molecule has 2 aromatic rings. The molecule has 1 aliphatic heterocycles. The van der Waals surface area contributed by atoms with Crippen molar-refractivity contribution < 1.29 is 0 Å². The second-order valence-electron chi connectivity index (χ2n) is 5.16. The summed E-state index contributed by atoms with van der Waals surface area (Å²) in [7, 11) is 0. The van der Waals surface area contributed by atoms with E-state index < -0.39 is 0 Å². The topological polar surface area (TPSA) is 42.1 Å². The van der Waals surface area contributed by atoms with E-state index >= 15 is 0 Å². The van der Waals surface area contributed by atoms with Crippen LogP contribution in [0.25, 0.3) is 0 Å². The third kappa shape index (κ3) is 2.76. The van der Waals surface area contributed by atoms with Gasteiger partial charge >= 0.3 is 0 Å². The Balaban J connectivity index is 1.78. The number of benzene rings is 1. The van der Waals surface area contributed by atoms with Crippen molar-refractivity contribution in [2.45, 2.75) is 25.4 Å². The van der Waals surface area contributed by atoms with Crippen LogP contribution in [-0.4, -0.2) is 16.4 Å². The average Bonchev–Trinajstić information content (AvgIpc) is 2.88. The number of nitrogen functional groups attached to an aromatic ring is 1. The number of nitrogens with two attached hydrogens (primary N) is 1. The van der Waals surface area contributed by atoms with Crippen LogP contribution < -0.4 is 5.73 Å². The molecule has 1 aliphatic rings. The summed E-state index contributed by atoms with van der Waals surface area (Å²) in [5, 5.41) is 0. The molecule has 1 unspecified atom stereocenters. The van der Waals surface area contributed by atoms with Crippen LogP contribution in [-0.2, 0) is 6.54 Å². The van der Waals surface area contributed by atoms with E-state index in [4.69, 9.17) is 5.73 Å². The molecule has 3 heteroatoms. The van der Waals surface area contributed by atoms with Gasteiger partial charge in [0.25, 0.3) is 0 Å². The summed E-state index contributed by atoms with van der Waals surface area (Å²) in [6.45, 7) is 2.11. The van der Waals surface area contributed by atoms with Crippen LogP contribution in [0.1, 0.15) is 30.0 Å². The molecule has 3 nitrogen and oxygen atoms in total. The molecule has 2 N–H and O–H groups in total. The Kier molecular flexibility index (Phi) is 3.47. The molecule has 19 heavy (non-hydrogen) atoms. The highest BCUT2D eigenvalue weighted by molar-refractivity contribution is 5.41. The zero-order valence-corrected chi connectivity index (χ0v) is 11.0. The van der Waals surface area contributed by atoms with Crippen LogP contribution in [0, 0.1) is 0 Å². The van der Waals surface area contributed by atoms with E-state index in [9.17, 15) is 0 Å². The Bertz CT molecular complexity index is 539. The smallest absolute Gasteiger partial charge is 0.0352 e. The largest absolute Gasteiger partial charge is 0.399 e. The lowest BCUT2D eigenvalue weighted by Crippen LogP contribution is -2.22. The van der Waals surface area contributed by atoms with E-state index in [1.165, 1.54) is 24.0 Å². The third-order valence-corrected chi connectivity index (χ3v) is 3.77. The van der Waals surface area contributed by atoms with E-state index in [-0.39, 0.29) is 0 Å². The molecule has 2 heterocycles. The molecule has 0 aliphatic carbocycles. The number of anilines is 1. The normalized spacial score (nSPS) is 19.7. The van der Waals surface area contributed by atoms with Gasteiger partial charge in [-0.05, 0) is 48.7 Å². The number of pyridine rings is 1. The predicted octanol–water partition coefficient (Wildman–Crippen LogP) is 3.00. The number of hydrogen-bond acceptors (Lipinski definition) is 3. The quantitative estimate of drug-likeness (QED) is 0.855. The van der Waals surface area contributed by atoms with Gasteiger partial charge in [-0.1, -0.05) is 18.2 Å². The van der Waals surface area contributed by atoms with Crippen molar-refractivity contribution in [1.82, 2.24) is 9.88 Å². The fraction of sp³-hybridized carbons (Fsp3) is 0.312. The van der Waals surface area contributed by atoms with Crippen LogP contribution in [0.15, 0.2) is 48.8 Å². The number of nitrogens with zero attached hydrogens (tertiary/aromatic N) is 2. The van der Waals surface area contributed by atoms with E-state index in [2.05, 4.69) is 28.1 Å². The lowest BCUT2D eigenvalue weighted by Gasteiger charge is -2.25. The maximum absolute atomic E-state index is 5.90. The first kappa shape index (κ1) is 12.2. The van der Waals surface area contributed by atoms with E-state index in [0.717, 1.165) is 18.8 Å². The highest BCUT2D eigenvalue weighted by Gasteiger charge is 2.25. The SMILES string of the molecule is Nc1cccc(C2CCCN2Cc2cccnc2)c1. The molecule has 1 aromatic heterocycles. The van der Waals surface area contributed by atoms with Gasteiger partial charge < -0.3 is 5.73 Å². The number of hydrogen-bond donors (Lipinski definition) is 1.